The van der Waals surface area contributed by atoms with Crippen molar-refractivity contribution in [2.75, 3.05) is 6.54 Å². The highest BCUT2D eigenvalue weighted by molar-refractivity contribution is 6.24. The van der Waals surface area contributed by atoms with E-state index in [1.807, 2.05) is 0 Å². The van der Waals surface area contributed by atoms with Crippen molar-refractivity contribution in [2.24, 2.45) is 0 Å². The van der Waals surface area contributed by atoms with Gasteiger partial charge in [0.05, 0.1) is 6.54 Å². The lowest BCUT2D eigenvalue weighted by atomic mass is 9.88. The number of fused-ring (bicyclic) bond motifs is 1. The van der Waals surface area contributed by atoms with E-state index in [9.17, 15) is 9.59 Å². The van der Waals surface area contributed by atoms with E-state index in [0.717, 1.165) is 0 Å². The molecule has 0 aromatic heterocycles. The first-order chi connectivity index (χ1) is 7.24. The molecular formula is C12H12NO2+. The monoisotopic (exact) mass is 202 g/mol. The molecular weight excluding hydrogens is 190 g/mol. The second-order valence-corrected chi connectivity index (χ2v) is 3.51. The van der Waals surface area contributed by atoms with Crippen LogP contribution in [0.3, 0.4) is 0 Å². The van der Waals surface area contributed by atoms with Crippen LogP contribution < -0.4 is 5.73 Å². The third kappa shape index (κ3) is 1.62. The highest BCUT2D eigenvalue weighted by Crippen LogP contribution is 2.22. The quantitative estimate of drug-likeness (QED) is 0.764. The third-order valence-electron chi connectivity index (χ3n) is 2.48. The van der Waals surface area contributed by atoms with Crippen LogP contribution in [0.5, 0.6) is 0 Å². The minimum Gasteiger partial charge on any atom is -0.357 e. The Balaban J connectivity index is 2.49. The molecule has 0 saturated heterocycles. The molecule has 0 radical (unpaired) electrons. The Hall–Kier alpha value is -1.74. The molecule has 0 bridgehead atoms. The van der Waals surface area contributed by atoms with E-state index < -0.39 is 0 Å². The van der Waals surface area contributed by atoms with Crippen molar-refractivity contribution in [1.82, 2.24) is 0 Å². The molecule has 3 N–H and O–H groups in total. The molecule has 0 atom stereocenters. The van der Waals surface area contributed by atoms with E-state index in [1.165, 1.54) is 6.08 Å². The Morgan fingerprint density at radius 1 is 1.07 bits per heavy atom. The van der Waals surface area contributed by atoms with Crippen LogP contribution in [0.1, 0.15) is 27.1 Å². The van der Waals surface area contributed by atoms with Gasteiger partial charge >= 0.3 is 0 Å². The van der Waals surface area contributed by atoms with Crippen molar-refractivity contribution in [3.63, 3.8) is 0 Å². The van der Waals surface area contributed by atoms with E-state index >= 15 is 0 Å². The molecule has 0 fully saturated rings. The molecule has 0 unspecified atom stereocenters. The van der Waals surface area contributed by atoms with E-state index in [4.69, 9.17) is 0 Å². The zero-order valence-electron chi connectivity index (χ0n) is 8.32. The molecule has 1 aromatic carbocycles. The van der Waals surface area contributed by atoms with E-state index in [2.05, 4.69) is 5.73 Å². The molecule has 1 aliphatic carbocycles. The number of allylic oxidation sites excluding steroid dienone is 1. The lowest BCUT2D eigenvalue weighted by molar-refractivity contribution is -0.366. The summed E-state index contributed by atoms with van der Waals surface area (Å²) >= 11 is 0. The van der Waals surface area contributed by atoms with Crippen LogP contribution in [0.15, 0.2) is 35.9 Å². The van der Waals surface area contributed by atoms with E-state index in [-0.39, 0.29) is 11.6 Å². The number of carbonyl (C=O) groups is 2. The van der Waals surface area contributed by atoms with Crippen molar-refractivity contribution in [2.45, 2.75) is 6.42 Å². The number of hydrogen-bond acceptors (Lipinski definition) is 2. The number of Topliss-reactive ketones (excluding diaryl/α,β-unsaturated/α-hetero) is 1. The number of ketones is 2. The minimum atomic E-state index is -0.0753. The molecule has 3 nitrogen and oxygen atoms in total. The molecule has 3 heteroatoms. The highest BCUT2D eigenvalue weighted by Gasteiger charge is 2.24. The number of carbonyl (C=O) groups excluding carboxylic acids is 2. The summed E-state index contributed by atoms with van der Waals surface area (Å²) in [5, 5.41) is 0. The zero-order chi connectivity index (χ0) is 10.8. The normalized spacial score (nSPS) is 14.9. The van der Waals surface area contributed by atoms with Gasteiger partial charge in [-0.15, -0.1) is 0 Å². The third-order valence-corrected chi connectivity index (χ3v) is 2.48. The fourth-order valence-electron chi connectivity index (χ4n) is 1.75. The maximum Gasteiger partial charge on any atom is 0.190 e. The number of benzene rings is 1. The maximum absolute atomic E-state index is 11.9. The summed E-state index contributed by atoms with van der Waals surface area (Å²) in [5.41, 5.74) is 5.30. The van der Waals surface area contributed by atoms with Gasteiger partial charge in [0.15, 0.2) is 11.6 Å². The Morgan fingerprint density at radius 3 is 2.40 bits per heavy atom. The maximum atomic E-state index is 11.9. The van der Waals surface area contributed by atoms with Crippen LogP contribution in [0.2, 0.25) is 0 Å². The summed E-state index contributed by atoms with van der Waals surface area (Å²) < 4.78 is 0. The highest BCUT2D eigenvalue weighted by atomic mass is 16.1. The first kappa shape index (κ1) is 9.80. The van der Waals surface area contributed by atoms with Crippen LogP contribution in [0, 0.1) is 0 Å². The number of hydrogen-bond donors (Lipinski definition) is 1. The van der Waals surface area contributed by atoms with Crippen molar-refractivity contribution in [1.29, 1.82) is 0 Å². The van der Waals surface area contributed by atoms with Gasteiger partial charge in [-0.1, -0.05) is 24.3 Å². The van der Waals surface area contributed by atoms with Gasteiger partial charge in [0, 0.05) is 23.1 Å². The van der Waals surface area contributed by atoms with Crippen LogP contribution in [0.4, 0.5) is 0 Å². The molecule has 0 spiro atoms. The molecule has 0 aliphatic heterocycles. The summed E-state index contributed by atoms with van der Waals surface area (Å²) in [6.45, 7) is 0.632. The van der Waals surface area contributed by atoms with Crippen LogP contribution >= 0.6 is 0 Å². The average molecular weight is 202 g/mol. The largest absolute Gasteiger partial charge is 0.357 e. The number of quaternary nitrogens is 1. The lowest BCUT2D eigenvalue weighted by Gasteiger charge is -2.13. The second kappa shape index (κ2) is 3.79. The predicted molar refractivity (Wildman–Crippen MR) is 55.6 cm³/mol. The molecule has 2 rings (SSSR count). The topological polar surface area (TPSA) is 61.8 Å². The predicted octanol–water partition coefficient (Wildman–Crippen LogP) is 0.624. The summed E-state index contributed by atoms with van der Waals surface area (Å²) in [6, 6.07) is 6.93. The molecule has 0 saturated carbocycles. The SMILES string of the molecule is [NH3+]CCC1=CC(=O)c2ccccc2C1=O. The van der Waals surface area contributed by atoms with Crippen LogP contribution in [0.25, 0.3) is 0 Å². The van der Waals surface area contributed by atoms with Crippen molar-refractivity contribution in [3.8, 4) is 0 Å². The Labute approximate surface area is 87.6 Å². The van der Waals surface area contributed by atoms with Gasteiger partial charge in [-0.25, -0.2) is 0 Å². The number of rotatable bonds is 2. The Morgan fingerprint density at radius 2 is 1.73 bits per heavy atom. The van der Waals surface area contributed by atoms with Crippen molar-refractivity contribution < 1.29 is 15.3 Å². The Bertz CT molecular complexity index is 460. The fourth-order valence-corrected chi connectivity index (χ4v) is 1.75. The second-order valence-electron chi connectivity index (χ2n) is 3.51. The first-order valence-corrected chi connectivity index (χ1v) is 4.92. The Kier molecular flexibility index (Phi) is 2.47. The van der Waals surface area contributed by atoms with Gasteiger partial charge in [0.1, 0.15) is 0 Å². The van der Waals surface area contributed by atoms with E-state index in [1.54, 1.807) is 24.3 Å². The van der Waals surface area contributed by atoms with Gasteiger partial charge in [-0.2, -0.15) is 0 Å². The molecule has 1 aromatic rings. The van der Waals surface area contributed by atoms with E-state index in [0.29, 0.717) is 29.7 Å². The van der Waals surface area contributed by atoms with Gasteiger partial charge in [-0.05, 0) is 6.08 Å². The summed E-state index contributed by atoms with van der Waals surface area (Å²) in [6.07, 6.45) is 2.01. The van der Waals surface area contributed by atoms with Crippen molar-refractivity contribution >= 4 is 11.6 Å². The van der Waals surface area contributed by atoms with Crippen LogP contribution in [-0.4, -0.2) is 18.1 Å². The van der Waals surface area contributed by atoms with Gasteiger partial charge in [-0.3, -0.25) is 9.59 Å². The first-order valence-electron chi connectivity index (χ1n) is 4.92. The van der Waals surface area contributed by atoms with Crippen LogP contribution in [-0.2, 0) is 0 Å². The van der Waals surface area contributed by atoms with Gasteiger partial charge < -0.3 is 5.73 Å². The average Bonchev–Trinajstić information content (AvgIpc) is 2.26. The summed E-state index contributed by atoms with van der Waals surface area (Å²) in [7, 11) is 0. The molecule has 76 valence electrons. The summed E-state index contributed by atoms with van der Waals surface area (Å²) in [5.74, 6) is -0.109. The van der Waals surface area contributed by atoms with Gasteiger partial charge in [0.2, 0.25) is 0 Å². The standard InChI is InChI=1S/C12H11NO2/c13-6-5-8-7-11(14)9-3-1-2-4-10(9)12(8)15/h1-4,7H,5-6,13H2/p+1. The fraction of sp³-hybridized carbons (Fsp3) is 0.167. The lowest BCUT2D eigenvalue weighted by Crippen LogP contribution is -2.50. The molecule has 1 aliphatic rings. The molecule has 0 heterocycles. The molecule has 0 amide bonds. The zero-order valence-corrected chi connectivity index (χ0v) is 8.32. The molecule has 15 heavy (non-hydrogen) atoms. The van der Waals surface area contributed by atoms with Crippen molar-refractivity contribution in [3.05, 3.63) is 47.0 Å². The minimum absolute atomic E-state index is 0.0335. The van der Waals surface area contributed by atoms with Gasteiger partial charge in [0.25, 0.3) is 0 Å². The summed E-state index contributed by atoms with van der Waals surface area (Å²) in [4.78, 5) is 23.6. The smallest absolute Gasteiger partial charge is 0.190 e.